The number of hydrogen-bond donors (Lipinski definition) is 3. The van der Waals surface area contributed by atoms with Gasteiger partial charge in [0.15, 0.2) is 5.78 Å². The van der Waals surface area contributed by atoms with Gasteiger partial charge in [-0.15, -0.1) is 0 Å². The van der Waals surface area contributed by atoms with Crippen LogP contribution >= 0.6 is 0 Å². The number of ether oxygens (including phenoxy) is 1. The molecule has 0 aromatic heterocycles. The standard InChI is InChI=1S/C23H24F3N3O6S/c1-4-13-35-16-9-5-14(6-10-16)19-18(22(32,23(24,25)26)28-21(31)27-19)20(30)15-7-11-17(12-8-15)36(33,34)29(2)3/h4-12,18-19,32H,1,13H2,2-3H3,(H2,27,28,31)/t18-,19-,22-/m1/s1. The first-order valence-electron chi connectivity index (χ1n) is 10.5. The van der Waals surface area contributed by atoms with Gasteiger partial charge in [-0.05, 0) is 29.8 Å². The molecule has 2 aromatic rings. The number of rotatable bonds is 8. The summed E-state index contributed by atoms with van der Waals surface area (Å²) in [7, 11) is -1.26. The van der Waals surface area contributed by atoms with Gasteiger partial charge in [0.2, 0.25) is 15.7 Å². The van der Waals surface area contributed by atoms with E-state index in [0.29, 0.717) is 5.75 Å². The Hall–Kier alpha value is -3.42. The number of carbonyl (C=O) groups is 2. The molecule has 1 aliphatic heterocycles. The molecule has 1 saturated heterocycles. The highest BCUT2D eigenvalue weighted by molar-refractivity contribution is 7.89. The Morgan fingerprint density at radius 3 is 2.25 bits per heavy atom. The summed E-state index contributed by atoms with van der Waals surface area (Å²) in [5.74, 6) is -3.06. The summed E-state index contributed by atoms with van der Waals surface area (Å²) in [4.78, 5) is 25.4. The summed E-state index contributed by atoms with van der Waals surface area (Å²) in [6, 6.07) is 6.92. The number of sulfonamides is 1. The van der Waals surface area contributed by atoms with Gasteiger partial charge in [-0.2, -0.15) is 13.2 Å². The number of urea groups is 1. The molecule has 3 atom stereocenters. The number of Topliss-reactive ketones (excluding diaryl/α,β-unsaturated/α-hetero) is 1. The lowest BCUT2D eigenvalue weighted by Gasteiger charge is -2.45. The van der Waals surface area contributed by atoms with Crippen LogP contribution in [0, 0.1) is 5.92 Å². The largest absolute Gasteiger partial charge is 0.490 e. The quantitative estimate of drug-likeness (QED) is 0.358. The molecule has 0 unspecified atom stereocenters. The van der Waals surface area contributed by atoms with E-state index < -0.39 is 45.7 Å². The SMILES string of the molecule is C=CCOc1ccc([C@H]2NC(=O)N[C@](O)(C(F)(F)F)[C@H]2C(=O)c2ccc(S(=O)(=O)N(C)C)cc2)cc1. The molecule has 36 heavy (non-hydrogen) atoms. The lowest BCUT2D eigenvalue weighted by atomic mass is 9.77. The third kappa shape index (κ3) is 5.08. The zero-order chi connectivity index (χ0) is 26.9. The average molecular weight is 528 g/mol. The third-order valence-electron chi connectivity index (χ3n) is 5.61. The molecule has 0 bridgehead atoms. The molecule has 3 rings (SSSR count). The molecule has 2 aromatic carbocycles. The molecule has 0 saturated carbocycles. The van der Waals surface area contributed by atoms with E-state index in [-0.39, 0.29) is 22.6 Å². The molecule has 1 aliphatic rings. The van der Waals surface area contributed by atoms with Crippen molar-refractivity contribution >= 4 is 21.8 Å². The minimum atomic E-state index is -5.43. The number of carbonyl (C=O) groups excluding carboxylic acids is 2. The van der Waals surface area contributed by atoms with Crippen LogP contribution in [0.15, 0.2) is 66.1 Å². The summed E-state index contributed by atoms with van der Waals surface area (Å²) in [6.07, 6.45) is -3.93. The lowest BCUT2D eigenvalue weighted by Crippen LogP contribution is -2.72. The van der Waals surface area contributed by atoms with Gasteiger partial charge in [-0.3, -0.25) is 4.79 Å². The van der Waals surface area contributed by atoms with Gasteiger partial charge >= 0.3 is 12.2 Å². The number of nitrogens with one attached hydrogen (secondary N) is 2. The van der Waals surface area contributed by atoms with Crippen LogP contribution in [-0.2, 0) is 10.0 Å². The van der Waals surface area contributed by atoms with Gasteiger partial charge in [-0.25, -0.2) is 17.5 Å². The van der Waals surface area contributed by atoms with Gasteiger partial charge in [0.1, 0.15) is 18.3 Å². The van der Waals surface area contributed by atoms with Crippen molar-refractivity contribution in [3.63, 3.8) is 0 Å². The zero-order valence-corrected chi connectivity index (χ0v) is 20.1. The summed E-state index contributed by atoms with van der Waals surface area (Å²) < 4.78 is 73.1. The highest BCUT2D eigenvalue weighted by atomic mass is 32.2. The van der Waals surface area contributed by atoms with Crippen LogP contribution in [0.2, 0.25) is 0 Å². The molecule has 0 spiro atoms. The fraction of sp³-hybridized carbons (Fsp3) is 0.304. The normalized spacial score (nSPS) is 22.5. The lowest BCUT2D eigenvalue weighted by molar-refractivity contribution is -0.287. The molecular formula is C23H24F3N3O6S. The zero-order valence-electron chi connectivity index (χ0n) is 19.2. The van der Waals surface area contributed by atoms with E-state index in [0.717, 1.165) is 28.6 Å². The fourth-order valence-electron chi connectivity index (χ4n) is 3.72. The number of benzene rings is 2. The molecule has 0 aliphatic carbocycles. The maximum absolute atomic E-state index is 14.1. The Labute approximate surface area is 205 Å². The molecule has 2 amide bonds. The highest BCUT2D eigenvalue weighted by Gasteiger charge is 2.66. The second-order valence-electron chi connectivity index (χ2n) is 8.16. The van der Waals surface area contributed by atoms with Crippen molar-refractivity contribution in [1.82, 2.24) is 14.9 Å². The molecule has 13 heteroatoms. The van der Waals surface area contributed by atoms with Gasteiger partial charge in [-0.1, -0.05) is 36.9 Å². The average Bonchev–Trinajstić information content (AvgIpc) is 2.81. The smallest absolute Gasteiger partial charge is 0.437 e. The Kier molecular flexibility index (Phi) is 7.48. The second-order valence-corrected chi connectivity index (χ2v) is 10.3. The molecule has 0 radical (unpaired) electrons. The summed E-state index contributed by atoms with van der Waals surface area (Å²) in [5, 5.41) is 14.4. The second kappa shape index (κ2) is 9.91. The first-order valence-corrected chi connectivity index (χ1v) is 11.9. The van der Waals surface area contributed by atoms with E-state index in [2.05, 4.69) is 11.9 Å². The Morgan fingerprint density at radius 1 is 1.17 bits per heavy atom. The summed E-state index contributed by atoms with van der Waals surface area (Å²) in [6.45, 7) is 3.69. The van der Waals surface area contributed by atoms with Crippen LogP contribution < -0.4 is 15.4 Å². The van der Waals surface area contributed by atoms with Crippen molar-refractivity contribution in [1.29, 1.82) is 0 Å². The number of aliphatic hydroxyl groups is 1. The van der Waals surface area contributed by atoms with Crippen LogP contribution in [0.25, 0.3) is 0 Å². The molecule has 1 heterocycles. The minimum Gasteiger partial charge on any atom is -0.490 e. The van der Waals surface area contributed by atoms with Crippen LogP contribution in [0.3, 0.4) is 0 Å². The maximum Gasteiger partial charge on any atom is 0.437 e. The third-order valence-corrected chi connectivity index (χ3v) is 7.44. The highest BCUT2D eigenvalue weighted by Crippen LogP contribution is 2.44. The van der Waals surface area contributed by atoms with Gasteiger partial charge in [0, 0.05) is 19.7 Å². The topological polar surface area (TPSA) is 125 Å². The number of nitrogens with zero attached hydrogens (tertiary/aromatic N) is 1. The minimum absolute atomic E-state index is 0.101. The number of halogens is 3. The van der Waals surface area contributed by atoms with E-state index in [4.69, 9.17) is 4.74 Å². The Balaban J connectivity index is 2.07. The van der Waals surface area contributed by atoms with E-state index in [1.165, 1.54) is 49.8 Å². The number of ketones is 1. The first kappa shape index (κ1) is 27.2. The molecule has 9 nitrogen and oxygen atoms in total. The van der Waals surface area contributed by atoms with Gasteiger partial charge in [0.25, 0.3) is 0 Å². The number of hydrogen-bond acceptors (Lipinski definition) is 6. The molecule has 194 valence electrons. The number of amides is 2. The van der Waals surface area contributed by atoms with Crippen molar-refractivity contribution in [3.8, 4) is 5.75 Å². The Bertz CT molecular complexity index is 1250. The van der Waals surface area contributed by atoms with Crippen LogP contribution in [0.5, 0.6) is 5.75 Å². The van der Waals surface area contributed by atoms with Crippen molar-refractivity contribution in [2.75, 3.05) is 20.7 Å². The summed E-state index contributed by atoms with van der Waals surface area (Å²) >= 11 is 0. The van der Waals surface area contributed by atoms with Crippen molar-refractivity contribution in [2.45, 2.75) is 22.8 Å². The monoisotopic (exact) mass is 527 g/mol. The maximum atomic E-state index is 14.1. The van der Waals surface area contributed by atoms with Crippen LogP contribution in [0.4, 0.5) is 18.0 Å². The van der Waals surface area contributed by atoms with Crippen LogP contribution in [-0.4, -0.2) is 62.2 Å². The van der Waals surface area contributed by atoms with Gasteiger partial charge < -0.3 is 20.5 Å². The molecular weight excluding hydrogens is 503 g/mol. The molecule has 3 N–H and O–H groups in total. The first-order chi connectivity index (χ1) is 16.7. The van der Waals surface area contributed by atoms with Crippen molar-refractivity contribution in [2.24, 2.45) is 5.92 Å². The predicted octanol–water partition coefficient (Wildman–Crippen LogP) is 2.61. The van der Waals surface area contributed by atoms with E-state index >= 15 is 0 Å². The van der Waals surface area contributed by atoms with Crippen LogP contribution in [0.1, 0.15) is 22.0 Å². The van der Waals surface area contributed by atoms with Crippen molar-refractivity contribution < 1.29 is 41.0 Å². The summed E-state index contributed by atoms with van der Waals surface area (Å²) in [5.41, 5.74) is -4.11. The van der Waals surface area contributed by atoms with Crippen molar-refractivity contribution in [3.05, 3.63) is 72.3 Å². The van der Waals surface area contributed by atoms with Gasteiger partial charge in [0.05, 0.1) is 10.9 Å². The predicted molar refractivity (Wildman–Crippen MR) is 123 cm³/mol. The van der Waals surface area contributed by atoms with E-state index in [1.54, 1.807) is 0 Å². The fourth-order valence-corrected chi connectivity index (χ4v) is 4.63. The molecule has 1 fully saturated rings. The van der Waals surface area contributed by atoms with E-state index in [1.807, 2.05) is 0 Å². The number of alkyl halides is 3. The van der Waals surface area contributed by atoms with E-state index in [9.17, 15) is 36.3 Å². The Morgan fingerprint density at radius 2 is 1.75 bits per heavy atom.